The zero-order valence-corrected chi connectivity index (χ0v) is 12.3. The van der Waals surface area contributed by atoms with Gasteiger partial charge in [-0.2, -0.15) is 5.10 Å². The highest BCUT2D eigenvalue weighted by atomic mass is 35.5. The number of rotatable bonds is 5. The predicted molar refractivity (Wildman–Crippen MR) is 82.3 cm³/mol. The van der Waals surface area contributed by atoms with Crippen LogP contribution in [0.5, 0.6) is 11.5 Å². The summed E-state index contributed by atoms with van der Waals surface area (Å²) in [7, 11) is 0. The Bertz CT molecular complexity index is 753. The predicted octanol–water partition coefficient (Wildman–Crippen LogP) is 3.61. The molecular weight excluding hydrogens is 302 g/mol. The number of benzene rings is 2. The third-order valence-corrected chi connectivity index (χ3v) is 3.25. The standard InChI is InChI=1S/C16H12ClN3O2/c17-13-3-7-15(8-4-13)22-14-5-1-12(2-6-14)16(21)9-20-11-18-10-19-20/h1-8,10-11H,9H2. The van der Waals surface area contributed by atoms with Gasteiger partial charge in [0.2, 0.25) is 0 Å². The maximum Gasteiger partial charge on any atom is 0.184 e. The highest BCUT2D eigenvalue weighted by molar-refractivity contribution is 6.30. The van der Waals surface area contributed by atoms with E-state index in [1.54, 1.807) is 48.5 Å². The van der Waals surface area contributed by atoms with Gasteiger partial charge in [0, 0.05) is 10.6 Å². The second-order valence-electron chi connectivity index (χ2n) is 4.60. The van der Waals surface area contributed by atoms with E-state index in [0.717, 1.165) is 0 Å². The van der Waals surface area contributed by atoms with Crippen molar-refractivity contribution in [3.63, 3.8) is 0 Å². The third kappa shape index (κ3) is 3.51. The molecule has 0 aliphatic heterocycles. The van der Waals surface area contributed by atoms with Gasteiger partial charge in [0.05, 0.1) is 0 Å². The quantitative estimate of drug-likeness (QED) is 0.675. The Balaban J connectivity index is 1.67. The first-order chi connectivity index (χ1) is 10.7. The highest BCUT2D eigenvalue weighted by Crippen LogP contribution is 2.23. The summed E-state index contributed by atoms with van der Waals surface area (Å²) in [5.41, 5.74) is 0.596. The molecule has 0 saturated carbocycles. The Morgan fingerprint density at radius 3 is 2.27 bits per heavy atom. The molecule has 3 rings (SSSR count). The molecule has 0 saturated heterocycles. The number of hydrogen-bond donors (Lipinski definition) is 0. The van der Waals surface area contributed by atoms with E-state index in [1.165, 1.54) is 17.3 Å². The number of halogens is 1. The molecule has 0 fully saturated rings. The number of aromatic nitrogens is 3. The summed E-state index contributed by atoms with van der Waals surface area (Å²) in [5.74, 6) is 1.30. The van der Waals surface area contributed by atoms with Crippen LogP contribution in [0, 0.1) is 0 Å². The number of ether oxygens (including phenoxy) is 1. The molecule has 0 bridgehead atoms. The molecule has 0 atom stereocenters. The average Bonchev–Trinajstić information content (AvgIpc) is 3.03. The first-order valence-corrected chi connectivity index (χ1v) is 6.97. The molecule has 0 aliphatic rings. The summed E-state index contributed by atoms with van der Waals surface area (Å²) in [6.07, 6.45) is 2.91. The molecule has 2 aromatic carbocycles. The normalized spacial score (nSPS) is 10.4. The summed E-state index contributed by atoms with van der Waals surface area (Å²) in [4.78, 5) is 15.9. The molecule has 5 nitrogen and oxygen atoms in total. The largest absolute Gasteiger partial charge is 0.457 e. The van der Waals surface area contributed by atoms with E-state index in [1.807, 2.05) is 0 Å². The average molecular weight is 314 g/mol. The molecule has 0 spiro atoms. The van der Waals surface area contributed by atoms with E-state index in [0.29, 0.717) is 22.1 Å². The summed E-state index contributed by atoms with van der Waals surface area (Å²) >= 11 is 5.82. The molecular formula is C16H12ClN3O2. The minimum absolute atomic E-state index is 0.0384. The number of hydrogen-bond acceptors (Lipinski definition) is 4. The fourth-order valence-electron chi connectivity index (χ4n) is 1.90. The van der Waals surface area contributed by atoms with E-state index in [2.05, 4.69) is 10.1 Å². The minimum atomic E-state index is -0.0384. The first-order valence-electron chi connectivity index (χ1n) is 6.60. The fourth-order valence-corrected chi connectivity index (χ4v) is 2.03. The summed E-state index contributed by atoms with van der Waals surface area (Å²) in [6, 6.07) is 14.0. The van der Waals surface area contributed by atoms with Crippen LogP contribution >= 0.6 is 11.6 Å². The van der Waals surface area contributed by atoms with Crippen molar-refractivity contribution >= 4 is 17.4 Å². The molecule has 1 heterocycles. The lowest BCUT2D eigenvalue weighted by atomic mass is 10.1. The van der Waals surface area contributed by atoms with Crippen molar-refractivity contribution in [2.24, 2.45) is 0 Å². The summed E-state index contributed by atoms with van der Waals surface area (Å²) in [5, 5.41) is 4.57. The molecule has 110 valence electrons. The molecule has 3 aromatic rings. The van der Waals surface area contributed by atoms with Gasteiger partial charge >= 0.3 is 0 Å². The zero-order valence-electron chi connectivity index (χ0n) is 11.5. The SMILES string of the molecule is O=C(Cn1cncn1)c1ccc(Oc2ccc(Cl)cc2)cc1. The Hall–Kier alpha value is -2.66. The van der Waals surface area contributed by atoms with Crippen molar-refractivity contribution in [2.45, 2.75) is 6.54 Å². The van der Waals surface area contributed by atoms with E-state index in [9.17, 15) is 4.79 Å². The molecule has 6 heteroatoms. The van der Waals surface area contributed by atoms with Crippen LogP contribution < -0.4 is 4.74 Å². The number of carbonyl (C=O) groups excluding carboxylic acids is 1. The van der Waals surface area contributed by atoms with Gasteiger partial charge in [-0.05, 0) is 48.5 Å². The van der Waals surface area contributed by atoms with Crippen LogP contribution in [0.2, 0.25) is 5.02 Å². The van der Waals surface area contributed by atoms with Crippen LogP contribution in [0.1, 0.15) is 10.4 Å². The van der Waals surface area contributed by atoms with Gasteiger partial charge in [-0.15, -0.1) is 0 Å². The van der Waals surface area contributed by atoms with Gasteiger partial charge in [-0.1, -0.05) is 11.6 Å². The Morgan fingerprint density at radius 2 is 1.68 bits per heavy atom. The van der Waals surface area contributed by atoms with Gasteiger partial charge in [-0.25, -0.2) is 9.67 Å². The fraction of sp³-hybridized carbons (Fsp3) is 0.0625. The maximum atomic E-state index is 12.1. The van der Waals surface area contributed by atoms with Crippen LogP contribution in [-0.2, 0) is 6.54 Å². The Labute approximate surface area is 132 Å². The molecule has 0 amide bonds. The summed E-state index contributed by atoms with van der Waals surface area (Å²) < 4.78 is 7.16. The molecule has 0 N–H and O–H groups in total. The molecule has 0 unspecified atom stereocenters. The van der Waals surface area contributed by atoms with Crippen LogP contribution in [0.3, 0.4) is 0 Å². The van der Waals surface area contributed by atoms with E-state index >= 15 is 0 Å². The summed E-state index contributed by atoms with van der Waals surface area (Å²) in [6.45, 7) is 0.164. The Kier molecular flexibility index (Phi) is 4.16. The lowest BCUT2D eigenvalue weighted by Gasteiger charge is -2.06. The topological polar surface area (TPSA) is 57.0 Å². The second-order valence-corrected chi connectivity index (χ2v) is 5.03. The van der Waals surface area contributed by atoms with Crippen LogP contribution in [0.25, 0.3) is 0 Å². The van der Waals surface area contributed by atoms with Gasteiger partial charge in [-0.3, -0.25) is 4.79 Å². The Morgan fingerprint density at radius 1 is 1.05 bits per heavy atom. The molecule has 0 radical (unpaired) electrons. The maximum absolute atomic E-state index is 12.1. The zero-order chi connectivity index (χ0) is 15.4. The van der Waals surface area contributed by atoms with Crippen molar-refractivity contribution in [3.05, 3.63) is 71.8 Å². The van der Waals surface area contributed by atoms with Crippen molar-refractivity contribution < 1.29 is 9.53 Å². The van der Waals surface area contributed by atoms with Crippen LogP contribution in [-0.4, -0.2) is 20.5 Å². The van der Waals surface area contributed by atoms with Crippen molar-refractivity contribution in [1.29, 1.82) is 0 Å². The van der Waals surface area contributed by atoms with Crippen molar-refractivity contribution in [3.8, 4) is 11.5 Å². The van der Waals surface area contributed by atoms with Crippen LogP contribution in [0.15, 0.2) is 61.2 Å². The van der Waals surface area contributed by atoms with E-state index < -0.39 is 0 Å². The lowest BCUT2D eigenvalue weighted by Crippen LogP contribution is -2.10. The molecule has 1 aromatic heterocycles. The lowest BCUT2D eigenvalue weighted by molar-refractivity contribution is 0.0967. The third-order valence-electron chi connectivity index (χ3n) is 3.00. The highest BCUT2D eigenvalue weighted by Gasteiger charge is 2.07. The van der Waals surface area contributed by atoms with Crippen molar-refractivity contribution in [1.82, 2.24) is 14.8 Å². The number of Topliss-reactive ketones (excluding diaryl/α,β-unsaturated/α-hetero) is 1. The smallest absolute Gasteiger partial charge is 0.184 e. The van der Waals surface area contributed by atoms with Gasteiger partial charge in [0.25, 0.3) is 0 Å². The van der Waals surface area contributed by atoms with Gasteiger partial charge in [0.15, 0.2) is 5.78 Å². The second kappa shape index (κ2) is 6.41. The monoisotopic (exact) mass is 313 g/mol. The molecule has 0 aliphatic carbocycles. The van der Waals surface area contributed by atoms with Gasteiger partial charge in [0.1, 0.15) is 30.7 Å². The van der Waals surface area contributed by atoms with Crippen LogP contribution in [0.4, 0.5) is 0 Å². The number of ketones is 1. The minimum Gasteiger partial charge on any atom is -0.457 e. The van der Waals surface area contributed by atoms with Crippen molar-refractivity contribution in [2.75, 3.05) is 0 Å². The van der Waals surface area contributed by atoms with E-state index in [-0.39, 0.29) is 12.3 Å². The van der Waals surface area contributed by atoms with E-state index in [4.69, 9.17) is 16.3 Å². The number of nitrogens with zero attached hydrogens (tertiary/aromatic N) is 3. The van der Waals surface area contributed by atoms with Gasteiger partial charge < -0.3 is 4.74 Å². The molecule has 22 heavy (non-hydrogen) atoms. The number of carbonyl (C=O) groups is 1. The first kappa shape index (κ1) is 14.3.